The molecular formula is C20H18N2O4S. The van der Waals surface area contributed by atoms with Crippen LogP contribution in [0.1, 0.15) is 22.8 Å². The topological polar surface area (TPSA) is 79.2 Å². The highest BCUT2D eigenvalue weighted by Crippen LogP contribution is 2.34. The van der Waals surface area contributed by atoms with Crippen LogP contribution in [0.5, 0.6) is 5.75 Å². The van der Waals surface area contributed by atoms with Crippen molar-refractivity contribution in [2.75, 3.05) is 13.7 Å². The van der Waals surface area contributed by atoms with E-state index >= 15 is 0 Å². The Labute approximate surface area is 161 Å². The SMILES string of the molecule is CCOc1ccccc1C=C1SC(=Nc2ccc(C(=O)O)cc2)N(C)C1=O. The summed E-state index contributed by atoms with van der Waals surface area (Å²) < 4.78 is 5.61. The molecule has 7 heteroatoms. The second kappa shape index (κ2) is 8.09. The smallest absolute Gasteiger partial charge is 0.335 e. The summed E-state index contributed by atoms with van der Waals surface area (Å²) in [6.45, 7) is 2.45. The standard InChI is InChI=1S/C20H18N2O4S/c1-3-26-16-7-5-4-6-14(16)12-17-18(23)22(2)20(27-17)21-15-10-8-13(9-11-15)19(24)25/h4-12H,3H2,1-2H3,(H,24,25). The van der Waals surface area contributed by atoms with Crippen LogP contribution in [0.15, 0.2) is 58.4 Å². The van der Waals surface area contributed by atoms with E-state index in [0.717, 1.165) is 11.3 Å². The molecule has 0 radical (unpaired) electrons. The van der Waals surface area contributed by atoms with Crippen LogP contribution in [-0.2, 0) is 4.79 Å². The zero-order chi connectivity index (χ0) is 19.4. The van der Waals surface area contributed by atoms with Crippen LogP contribution in [-0.4, -0.2) is 40.7 Å². The summed E-state index contributed by atoms with van der Waals surface area (Å²) in [4.78, 5) is 30.0. The number of amidine groups is 1. The van der Waals surface area contributed by atoms with E-state index in [4.69, 9.17) is 9.84 Å². The van der Waals surface area contributed by atoms with E-state index < -0.39 is 5.97 Å². The molecule has 0 aliphatic carbocycles. The number of benzene rings is 2. The molecule has 1 amide bonds. The molecule has 1 fully saturated rings. The van der Waals surface area contributed by atoms with E-state index in [1.165, 1.54) is 28.8 Å². The van der Waals surface area contributed by atoms with Gasteiger partial charge >= 0.3 is 5.97 Å². The van der Waals surface area contributed by atoms with Gasteiger partial charge in [0.1, 0.15) is 5.75 Å². The lowest BCUT2D eigenvalue weighted by atomic mass is 10.2. The molecule has 0 spiro atoms. The second-order valence-electron chi connectivity index (χ2n) is 5.69. The van der Waals surface area contributed by atoms with Gasteiger partial charge < -0.3 is 9.84 Å². The van der Waals surface area contributed by atoms with Gasteiger partial charge in [0.2, 0.25) is 0 Å². The van der Waals surface area contributed by atoms with Crippen LogP contribution in [0.2, 0.25) is 0 Å². The summed E-state index contributed by atoms with van der Waals surface area (Å²) >= 11 is 1.27. The van der Waals surface area contributed by atoms with Gasteiger partial charge in [0.05, 0.1) is 22.8 Å². The average molecular weight is 382 g/mol. The lowest BCUT2D eigenvalue weighted by Gasteiger charge is -2.07. The first-order valence-corrected chi connectivity index (χ1v) is 9.12. The summed E-state index contributed by atoms with van der Waals surface area (Å²) in [5.41, 5.74) is 1.60. The normalized spacial score (nSPS) is 17.0. The van der Waals surface area contributed by atoms with Crippen molar-refractivity contribution in [3.63, 3.8) is 0 Å². The predicted octanol–water partition coefficient (Wildman–Crippen LogP) is 4.02. The van der Waals surface area contributed by atoms with Gasteiger partial charge in [-0.3, -0.25) is 9.69 Å². The molecule has 2 aromatic carbocycles. The monoisotopic (exact) mass is 382 g/mol. The van der Waals surface area contributed by atoms with Crippen molar-refractivity contribution in [2.45, 2.75) is 6.92 Å². The van der Waals surface area contributed by atoms with Gasteiger partial charge in [-0.1, -0.05) is 18.2 Å². The minimum atomic E-state index is -0.991. The third-order valence-electron chi connectivity index (χ3n) is 3.85. The maximum Gasteiger partial charge on any atom is 0.335 e. The number of nitrogens with zero attached hydrogens (tertiary/aromatic N) is 2. The highest BCUT2D eigenvalue weighted by molar-refractivity contribution is 8.18. The maximum absolute atomic E-state index is 12.6. The highest BCUT2D eigenvalue weighted by Gasteiger charge is 2.30. The molecule has 6 nitrogen and oxygen atoms in total. The molecule has 0 saturated carbocycles. The van der Waals surface area contributed by atoms with E-state index in [-0.39, 0.29) is 11.5 Å². The quantitative estimate of drug-likeness (QED) is 0.790. The first kappa shape index (κ1) is 18.7. The highest BCUT2D eigenvalue weighted by atomic mass is 32.2. The van der Waals surface area contributed by atoms with E-state index in [0.29, 0.717) is 22.4 Å². The fourth-order valence-electron chi connectivity index (χ4n) is 2.47. The lowest BCUT2D eigenvalue weighted by Crippen LogP contribution is -2.23. The van der Waals surface area contributed by atoms with Crippen LogP contribution in [0.3, 0.4) is 0 Å². The number of aliphatic imine (C=N–C) groups is 1. The number of carboxylic acids is 1. The number of aromatic carboxylic acids is 1. The minimum Gasteiger partial charge on any atom is -0.493 e. The van der Waals surface area contributed by atoms with Crippen molar-refractivity contribution >= 4 is 40.6 Å². The van der Waals surface area contributed by atoms with Gasteiger partial charge in [-0.05, 0) is 55.1 Å². The largest absolute Gasteiger partial charge is 0.493 e. The van der Waals surface area contributed by atoms with Gasteiger partial charge in [-0.15, -0.1) is 0 Å². The molecule has 1 aliphatic rings. The molecule has 0 aromatic heterocycles. The van der Waals surface area contributed by atoms with Gasteiger partial charge in [-0.2, -0.15) is 0 Å². The van der Waals surface area contributed by atoms with Crippen LogP contribution in [0, 0.1) is 0 Å². The number of thioether (sulfide) groups is 1. The Kier molecular flexibility index (Phi) is 5.61. The number of carboxylic acid groups (broad SMARTS) is 1. The number of para-hydroxylation sites is 1. The van der Waals surface area contributed by atoms with Crippen molar-refractivity contribution in [1.29, 1.82) is 0 Å². The summed E-state index contributed by atoms with van der Waals surface area (Å²) in [5, 5.41) is 9.49. The summed E-state index contributed by atoms with van der Waals surface area (Å²) in [6, 6.07) is 13.7. The van der Waals surface area contributed by atoms with Gasteiger partial charge in [-0.25, -0.2) is 9.79 Å². The summed E-state index contributed by atoms with van der Waals surface area (Å²) in [7, 11) is 1.66. The Bertz CT molecular complexity index is 935. The van der Waals surface area contributed by atoms with E-state index in [1.807, 2.05) is 31.2 Å². The van der Waals surface area contributed by atoms with Crippen LogP contribution >= 0.6 is 11.8 Å². The fourth-order valence-corrected chi connectivity index (χ4v) is 3.45. The Morgan fingerprint density at radius 2 is 1.93 bits per heavy atom. The maximum atomic E-state index is 12.6. The van der Waals surface area contributed by atoms with Crippen molar-refractivity contribution in [3.8, 4) is 5.75 Å². The third-order valence-corrected chi connectivity index (χ3v) is 4.91. The number of rotatable bonds is 5. The fraction of sp³-hybridized carbons (Fsp3) is 0.150. The van der Waals surface area contributed by atoms with Crippen molar-refractivity contribution in [2.24, 2.45) is 4.99 Å². The Balaban J connectivity index is 1.87. The molecule has 1 heterocycles. The average Bonchev–Trinajstić information content (AvgIpc) is 2.92. The molecular weight excluding hydrogens is 364 g/mol. The number of likely N-dealkylation sites (N-methyl/N-ethyl adjacent to an activating group) is 1. The van der Waals surface area contributed by atoms with Crippen LogP contribution < -0.4 is 4.74 Å². The van der Waals surface area contributed by atoms with Crippen LogP contribution in [0.4, 0.5) is 5.69 Å². The summed E-state index contributed by atoms with van der Waals surface area (Å²) in [5.74, 6) is -0.416. The Morgan fingerprint density at radius 1 is 1.22 bits per heavy atom. The molecule has 27 heavy (non-hydrogen) atoms. The predicted molar refractivity (Wildman–Crippen MR) is 106 cm³/mol. The zero-order valence-corrected chi connectivity index (χ0v) is 15.7. The van der Waals surface area contributed by atoms with Crippen molar-refractivity contribution < 1.29 is 19.4 Å². The second-order valence-corrected chi connectivity index (χ2v) is 6.70. The van der Waals surface area contributed by atoms with E-state index in [1.54, 1.807) is 25.3 Å². The van der Waals surface area contributed by atoms with Crippen molar-refractivity contribution in [3.05, 3.63) is 64.6 Å². The minimum absolute atomic E-state index is 0.146. The van der Waals surface area contributed by atoms with Crippen LogP contribution in [0.25, 0.3) is 6.08 Å². The number of carbonyl (C=O) groups is 2. The number of carbonyl (C=O) groups excluding carboxylic acids is 1. The molecule has 0 atom stereocenters. The summed E-state index contributed by atoms with van der Waals surface area (Å²) in [6.07, 6.45) is 1.80. The lowest BCUT2D eigenvalue weighted by molar-refractivity contribution is -0.121. The molecule has 3 rings (SSSR count). The molecule has 138 valence electrons. The zero-order valence-electron chi connectivity index (χ0n) is 14.9. The number of hydrogen-bond acceptors (Lipinski definition) is 5. The number of amides is 1. The number of hydrogen-bond donors (Lipinski definition) is 1. The molecule has 2 aromatic rings. The first-order chi connectivity index (χ1) is 13.0. The third kappa shape index (κ3) is 4.20. The van der Waals surface area contributed by atoms with Crippen molar-refractivity contribution in [1.82, 2.24) is 4.90 Å². The molecule has 0 bridgehead atoms. The molecule has 1 N–H and O–H groups in total. The first-order valence-electron chi connectivity index (χ1n) is 8.31. The Hall–Kier alpha value is -3.06. The Morgan fingerprint density at radius 3 is 2.59 bits per heavy atom. The van der Waals surface area contributed by atoms with Gasteiger partial charge in [0, 0.05) is 12.6 Å². The van der Waals surface area contributed by atoms with Gasteiger partial charge in [0.25, 0.3) is 5.91 Å². The number of ether oxygens (including phenoxy) is 1. The van der Waals surface area contributed by atoms with E-state index in [9.17, 15) is 9.59 Å². The molecule has 0 unspecified atom stereocenters. The van der Waals surface area contributed by atoms with Gasteiger partial charge in [0.15, 0.2) is 5.17 Å². The molecule has 1 aliphatic heterocycles. The van der Waals surface area contributed by atoms with E-state index in [2.05, 4.69) is 4.99 Å². The molecule has 1 saturated heterocycles.